The number of carboxylic acid groups (broad SMARTS) is 1. The van der Waals surface area contributed by atoms with Crippen molar-refractivity contribution >= 4 is 35.0 Å². The van der Waals surface area contributed by atoms with Gasteiger partial charge in [0.2, 0.25) is 0 Å². The van der Waals surface area contributed by atoms with Crippen molar-refractivity contribution in [3.05, 3.63) is 12.7 Å². The molecule has 3 rings (SSSR count). The number of aromatic nitrogens is 4. The maximum Gasteiger partial charge on any atom is 0.407 e. The van der Waals surface area contributed by atoms with Crippen molar-refractivity contribution in [2.45, 2.75) is 44.7 Å². The van der Waals surface area contributed by atoms with Gasteiger partial charge in [0.05, 0.1) is 12.9 Å². The SMILES string of the molecule is CN(C)c1ncnc2c1ncn2CC1CCC(COC(=O)NC(CCCN=C(N)N)C(=O)O)C1. The van der Waals surface area contributed by atoms with E-state index < -0.39 is 18.1 Å². The predicted molar refractivity (Wildman–Crippen MR) is 126 cm³/mol. The summed E-state index contributed by atoms with van der Waals surface area (Å²) in [7, 11) is 3.84. The highest BCUT2D eigenvalue weighted by Crippen LogP contribution is 2.33. The molecule has 1 saturated carbocycles. The normalized spacial score (nSPS) is 18.4. The Morgan fingerprint density at radius 2 is 2.06 bits per heavy atom. The van der Waals surface area contributed by atoms with Crippen molar-refractivity contribution in [3.63, 3.8) is 0 Å². The summed E-state index contributed by atoms with van der Waals surface area (Å²) in [6.45, 7) is 1.32. The number of carbonyl (C=O) groups is 2. The number of alkyl carbamates (subject to hydrolysis) is 1. The van der Waals surface area contributed by atoms with E-state index in [1.54, 1.807) is 12.7 Å². The molecule has 1 aliphatic rings. The van der Waals surface area contributed by atoms with Crippen molar-refractivity contribution < 1.29 is 19.4 Å². The molecule has 0 aliphatic heterocycles. The number of rotatable bonds is 11. The molecule has 0 bridgehead atoms. The van der Waals surface area contributed by atoms with Crippen LogP contribution >= 0.6 is 0 Å². The average molecular weight is 476 g/mol. The summed E-state index contributed by atoms with van der Waals surface area (Å²) < 4.78 is 7.37. The number of nitrogens with two attached hydrogens (primary N) is 2. The Kier molecular flexibility index (Phi) is 8.44. The molecule has 0 radical (unpaired) electrons. The van der Waals surface area contributed by atoms with Crippen LogP contribution in [0.25, 0.3) is 11.2 Å². The zero-order valence-electron chi connectivity index (χ0n) is 19.6. The summed E-state index contributed by atoms with van der Waals surface area (Å²) in [5.41, 5.74) is 12.1. The quantitative estimate of drug-likeness (QED) is 0.203. The van der Waals surface area contributed by atoms with Crippen LogP contribution in [-0.4, -0.2) is 75.9 Å². The maximum absolute atomic E-state index is 12.1. The third kappa shape index (κ3) is 6.68. The van der Waals surface area contributed by atoms with Crippen LogP contribution in [0, 0.1) is 11.8 Å². The zero-order chi connectivity index (χ0) is 24.7. The fourth-order valence-electron chi connectivity index (χ4n) is 4.24. The van der Waals surface area contributed by atoms with Crippen LogP contribution in [0.5, 0.6) is 0 Å². The highest BCUT2D eigenvalue weighted by Gasteiger charge is 2.28. The molecule has 1 aliphatic carbocycles. The second-order valence-electron chi connectivity index (χ2n) is 8.79. The molecule has 1 amide bonds. The second-order valence-corrected chi connectivity index (χ2v) is 8.79. The smallest absolute Gasteiger partial charge is 0.407 e. The van der Waals surface area contributed by atoms with Crippen molar-refractivity contribution in [3.8, 4) is 0 Å². The number of nitrogens with one attached hydrogen (secondary N) is 1. The number of hydrogen-bond acceptors (Lipinski definition) is 8. The van der Waals surface area contributed by atoms with E-state index in [1.165, 1.54) is 0 Å². The molecule has 13 heteroatoms. The van der Waals surface area contributed by atoms with Crippen LogP contribution in [0.15, 0.2) is 17.6 Å². The lowest BCUT2D eigenvalue weighted by atomic mass is 10.1. The van der Waals surface area contributed by atoms with Crippen LogP contribution in [0.1, 0.15) is 32.1 Å². The monoisotopic (exact) mass is 475 g/mol. The first-order valence-corrected chi connectivity index (χ1v) is 11.3. The third-order valence-electron chi connectivity index (χ3n) is 5.90. The summed E-state index contributed by atoms with van der Waals surface area (Å²) in [5.74, 6) is 0.235. The van der Waals surface area contributed by atoms with Gasteiger partial charge in [0, 0.05) is 27.2 Å². The standard InChI is InChI=1S/C21H33N9O4/c1-29(2)17-16-18(26-11-25-17)30(12-27-16)9-13-5-6-14(8-13)10-34-21(33)28-15(19(31)32)4-3-7-24-20(22)23/h11-15H,3-10H2,1-2H3,(H,28,33)(H,31,32)(H4,22,23,24). The number of nitrogens with zero attached hydrogens (tertiary/aromatic N) is 6. The first-order valence-electron chi connectivity index (χ1n) is 11.3. The highest BCUT2D eigenvalue weighted by molar-refractivity contribution is 5.83. The molecule has 186 valence electrons. The van der Waals surface area contributed by atoms with Gasteiger partial charge in [-0.25, -0.2) is 24.5 Å². The van der Waals surface area contributed by atoms with Crippen molar-refractivity contribution in [1.82, 2.24) is 24.8 Å². The largest absolute Gasteiger partial charge is 0.480 e. The van der Waals surface area contributed by atoms with Gasteiger partial charge in [-0.2, -0.15) is 0 Å². The van der Waals surface area contributed by atoms with Crippen LogP contribution in [0.3, 0.4) is 0 Å². The molecule has 0 saturated heterocycles. The number of amides is 1. The maximum atomic E-state index is 12.1. The Bertz CT molecular complexity index is 1020. The summed E-state index contributed by atoms with van der Waals surface area (Å²) >= 11 is 0. The average Bonchev–Trinajstić information content (AvgIpc) is 3.41. The lowest BCUT2D eigenvalue weighted by Gasteiger charge is -2.16. The summed E-state index contributed by atoms with van der Waals surface area (Å²) in [4.78, 5) is 42.4. The van der Waals surface area contributed by atoms with E-state index in [9.17, 15) is 14.7 Å². The highest BCUT2D eigenvalue weighted by atomic mass is 16.5. The molecule has 0 aromatic carbocycles. The molecule has 3 atom stereocenters. The number of ether oxygens (including phenoxy) is 1. The number of anilines is 1. The molecule has 3 unspecified atom stereocenters. The molecule has 1 fully saturated rings. The minimum Gasteiger partial charge on any atom is -0.480 e. The Balaban J connectivity index is 1.45. The van der Waals surface area contributed by atoms with Gasteiger partial charge < -0.3 is 36.1 Å². The number of fused-ring (bicyclic) bond motifs is 1. The molecular weight excluding hydrogens is 442 g/mol. The number of carbonyl (C=O) groups excluding carboxylic acids is 1. The Morgan fingerprint density at radius 1 is 1.29 bits per heavy atom. The second kappa shape index (κ2) is 11.5. The van der Waals surface area contributed by atoms with E-state index in [2.05, 4.69) is 25.3 Å². The van der Waals surface area contributed by atoms with Gasteiger partial charge in [-0.05, 0) is 43.9 Å². The van der Waals surface area contributed by atoms with Gasteiger partial charge in [-0.1, -0.05) is 0 Å². The van der Waals surface area contributed by atoms with Crippen LogP contribution in [0.2, 0.25) is 0 Å². The Hall–Kier alpha value is -3.64. The number of guanidine groups is 1. The molecule has 6 N–H and O–H groups in total. The van der Waals surface area contributed by atoms with E-state index in [0.717, 1.165) is 42.8 Å². The number of aliphatic imine (C=N–C) groups is 1. The minimum absolute atomic E-state index is 0.0538. The van der Waals surface area contributed by atoms with E-state index in [-0.39, 0.29) is 24.9 Å². The predicted octanol–water partition coefficient (Wildman–Crippen LogP) is 0.542. The molecule has 2 aromatic rings. The van der Waals surface area contributed by atoms with Crippen molar-refractivity contribution in [2.24, 2.45) is 28.3 Å². The van der Waals surface area contributed by atoms with Gasteiger partial charge >= 0.3 is 12.1 Å². The first-order chi connectivity index (χ1) is 16.2. The summed E-state index contributed by atoms with van der Waals surface area (Å²) in [5, 5.41) is 11.7. The third-order valence-corrected chi connectivity index (χ3v) is 5.90. The van der Waals surface area contributed by atoms with Crippen molar-refractivity contribution in [2.75, 3.05) is 32.1 Å². The van der Waals surface area contributed by atoms with Gasteiger partial charge in [0.15, 0.2) is 22.9 Å². The molecule has 13 nitrogen and oxygen atoms in total. The number of aliphatic carboxylic acids is 1. The van der Waals surface area contributed by atoms with Crippen LogP contribution < -0.4 is 21.7 Å². The first kappa shape index (κ1) is 25.0. The zero-order valence-corrected chi connectivity index (χ0v) is 19.6. The van der Waals surface area contributed by atoms with E-state index in [1.807, 2.05) is 23.6 Å². The van der Waals surface area contributed by atoms with Crippen LogP contribution in [-0.2, 0) is 16.1 Å². The number of carboxylic acids is 1. The lowest BCUT2D eigenvalue weighted by molar-refractivity contribution is -0.139. The Morgan fingerprint density at radius 3 is 2.76 bits per heavy atom. The fraction of sp³-hybridized carbons (Fsp3) is 0.619. The summed E-state index contributed by atoms with van der Waals surface area (Å²) in [6, 6.07) is -1.05. The topological polar surface area (TPSA) is 187 Å². The molecule has 2 heterocycles. The van der Waals surface area contributed by atoms with Gasteiger partial charge in [0.1, 0.15) is 12.4 Å². The number of hydrogen-bond donors (Lipinski definition) is 4. The van der Waals surface area contributed by atoms with E-state index in [4.69, 9.17) is 16.2 Å². The van der Waals surface area contributed by atoms with E-state index in [0.29, 0.717) is 18.9 Å². The van der Waals surface area contributed by atoms with Crippen LogP contribution in [0.4, 0.5) is 10.6 Å². The molecule has 2 aromatic heterocycles. The van der Waals surface area contributed by atoms with Gasteiger partial charge in [0.25, 0.3) is 0 Å². The minimum atomic E-state index is -1.13. The fourth-order valence-corrected chi connectivity index (χ4v) is 4.24. The number of imidazole rings is 1. The van der Waals surface area contributed by atoms with Crippen molar-refractivity contribution in [1.29, 1.82) is 0 Å². The Labute approximate surface area is 197 Å². The summed E-state index contributed by atoms with van der Waals surface area (Å²) in [6.07, 6.45) is 6.07. The van der Waals surface area contributed by atoms with E-state index >= 15 is 0 Å². The van der Waals surface area contributed by atoms with Gasteiger partial charge in [-0.3, -0.25) is 4.99 Å². The molecule has 34 heavy (non-hydrogen) atoms. The lowest BCUT2D eigenvalue weighted by Crippen LogP contribution is -2.41. The molecular formula is C21H33N9O4. The molecule has 0 spiro atoms. The van der Waals surface area contributed by atoms with Gasteiger partial charge in [-0.15, -0.1) is 0 Å².